The van der Waals surface area contributed by atoms with E-state index >= 15 is 0 Å². The summed E-state index contributed by atoms with van der Waals surface area (Å²) in [5.74, 6) is -0.553. The number of aliphatic hydroxyl groups excluding tert-OH is 1. The molecule has 7 heteroatoms. The third-order valence-electron chi connectivity index (χ3n) is 6.20. The molecule has 1 aliphatic heterocycles. The van der Waals surface area contributed by atoms with Gasteiger partial charge in [-0.1, -0.05) is 56.2 Å². The van der Waals surface area contributed by atoms with Gasteiger partial charge < -0.3 is 19.5 Å². The molecule has 1 atom stereocenters. The molecule has 186 valence electrons. The number of unbranched alkanes of at least 4 members (excludes halogenated alkanes) is 2. The van der Waals surface area contributed by atoms with Crippen molar-refractivity contribution in [1.82, 2.24) is 9.88 Å². The Morgan fingerprint density at radius 2 is 1.75 bits per heavy atom. The van der Waals surface area contributed by atoms with E-state index in [1.807, 2.05) is 36.4 Å². The molecule has 1 saturated heterocycles. The summed E-state index contributed by atoms with van der Waals surface area (Å²) in [5, 5.41) is 11.2. The molecule has 0 aliphatic carbocycles. The van der Waals surface area contributed by atoms with E-state index in [0.29, 0.717) is 29.2 Å². The minimum Gasteiger partial charge on any atom is -0.507 e. The second-order valence-corrected chi connectivity index (χ2v) is 8.61. The summed E-state index contributed by atoms with van der Waals surface area (Å²) in [6, 6.07) is 17.2. The minimum absolute atomic E-state index is 0.0285. The van der Waals surface area contributed by atoms with E-state index in [2.05, 4.69) is 11.9 Å². The molecule has 2 heterocycles. The maximum atomic E-state index is 13.2. The van der Waals surface area contributed by atoms with Gasteiger partial charge in [-0.25, -0.2) is 0 Å². The first kappa shape index (κ1) is 25.0. The largest absolute Gasteiger partial charge is 0.507 e. The number of ether oxygens (including phenoxy) is 2. The summed E-state index contributed by atoms with van der Waals surface area (Å²) in [6.07, 6.45) is 6.15. The number of ketones is 1. The SMILES string of the molecule is CCCCCOc1ccc(C2/C(=C(\O)c3ccncc3)C(=O)C(=O)N2Cc2ccccc2)cc1OC. The Labute approximate surface area is 211 Å². The van der Waals surface area contributed by atoms with Crippen molar-refractivity contribution in [1.29, 1.82) is 0 Å². The highest BCUT2D eigenvalue weighted by Crippen LogP contribution is 2.42. The number of nitrogens with zero attached hydrogens (tertiary/aromatic N) is 2. The molecule has 1 aliphatic rings. The van der Waals surface area contributed by atoms with Crippen LogP contribution in [-0.2, 0) is 16.1 Å². The van der Waals surface area contributed by atoms with Crippen LogP contribution in [-0.4, -0.2) is 40.4 Å². The maximum absolute atomic E-state index is 13.2. The van der Waals surface area contributed by atoms with Crippen molar-refractivity contribution in [2.24, 2.45) is 0 Å². The Morgan fingerprint density at radius 1 is 1.00 bits per heavy atom. The summed E-state index contributed by atoms with van der Waals surface area (Å²) >= 11 is 0. The average Bonchev–Trinajstić information content (AvgIpc) is 3.16. The molecule has 3 aromatic rings. The first-order chi connectivity index (χ1) is 17.5. The van der Waals surface area contributed by atoms with E-state index in [1.54, 1.807) is 31.4 Å². The van der Waals surface area contributed by atoms with Gasteiger partial charge in [0.1, 0.15) is 5.76 Å². The van der Waals surface area contributed by atoms with Gasteiger partial charge in [0, 0.05) is 24.5 Å². The van der Waals surface area contributed by atoms with Gasteiger partial charge in [-0.2, -0.15) is 0 Å². The van der Waals surface area contributed by atoms with Crippen LogP contribution in [0.25, 0.3) is 5.76 Å². The van der Waals surface area contributed by atoms with Crippen molar-refractivity contribution < 1.29 is 24.2 Å². The predicted octanol–water partition coefficient (Wildman–Crippen LogP) is 5.28. The summed E-state index contributed by atoms with van der Waals surface area (Å²) < 4.78 is 11.5. The van der Waals surface area contributed by atoms with Gasteiger partial charge in [0.15, 0.2) is 11.5 Å². The van der Waals surface area contributed by atoms with Crippen molar-refractivity contribution in [3.8, 4) is 11.5 Å². The van der Waals surface area contributed by atoms with Gasteiger partial charge in [-0.05, 0) is 41.8 Å². The van der Waals surface area contributed by atoms with Crippen LogP contribution in [0.15, 0.2) is 78.6 Å². The Kier molecular flexibility index (Phi) is 8.00. The highest BCUT2D eigenvalue weighted by molar-refractivity contribution is 6.46. The van der Waals surface area contributed by atoms with Crippen LogP contribution in [0.3, 0.4) is 0 Å². The van der Waals surface area contributed by atoms with Crippen molar-refractivity contribution >= 4 is 17.4 Å². The van der Waals surface area contributed by atoms with E-state index in [-0.39, 0.29) is 17.9 Å². The number of aromatic nitrogens is 1. The number of rotatable bonds is 10. The highest BCUT2D eigenvalue weighted by Gasteiger charge is 2.46. The van der Waals surface area contributed by atoms with E-state index in [4.69, 9.17) is 9.47 Å². The number of hydrogen-bond donors (Lipinski definition) is 1. The highest BCUT2D eigenvalue weighted by atomic mass is 16.5. The van der Waals surface area contributed by atoms with E-state index in [9.17, 15) is 14.7 Å². The number of amides is 1. The lowest BCUT2D eigenvalue weighted by molar-refractivity contribution is -0.140. The van der Waals surface area contributed by atoms with Crippen molar-refractivity contribution in [3.63, 3.8) is 0 Å². The zero-order chi connectivity index (χ0) is 25.5. The molecule has 1 fully saturated rings. The number of Topliss-reactive ketones (excluding diaryl/α,β-unsaturated/α-hetero) is 1. The smallest absolute Gasteiger partial charge is 0.295 e. The van der Waals surface area contributed by atoms with E-state index < -0.39 is 17.7 Å². The molecule has 0 bridgehead atoms. The third kappa shape index (κ3) is 5.25. The second-order valence-electron chi connectivity index (χ2n) is 8.61. The van der Waals surface area contributed by atoms with E-state index in [0.717, 1.165) is 24.8 Å². The lowest BCUT2D eigenvalue weighted by Crippen LogP contribution is -2.29. The quantitative estimate of drug-likeness (QED) is 0.182. The van der Waals surface area contributed by atoms with Gasteiger partial charge in [0.2, 0.25) is 0 Å². The molecule has 7 nitrogen and oxygen atoms in total. The summed E-state index contributed by atoms with van der Waals surface area (Å²) in [5.41, 5.74) is 1.95. The van der Waals surface area contributed by atoms with Crippen LogP contribution in [0.2, 0.25) is 0 Å². The molecule has 36 heavy (non-hydrogen) atoms. The number of methoxy groups -OCH3 is 1. The molecule has 1 unspecified atom stereocenters. The molecule has 0 spiro atoms. The maximum Gasteiger partial charge on any atom is 0.295 e. The topological polar surface area (TPSA) is 89.0 Å². The number of pyridine rings is 1. The Hall–Kier alpha value is -4.13. The number of carbonyl (C=O) groups is 2. The van der Waals surface area contributed by atoms with Crippen LogP contribution in [0.1, 0.15) is 48.9 Å². The Bertz CT molecular complexity index is 1240. The van der Waals surface area contributed by atoms with Crippen molar-refractivity contribution in [3.05, 3.63) is 95.3 Å². The zero-order valence-electron chi connectivity index (χ0n) is 20.5. The number of carbonyl (C=O) groups excluding carboxylic acids is 2. The minimum atomic E-state index is -0.804. The first-order valence-corrected chi connectivity index (χ1v) is 12.1. The zero-order valence-corrected chi connectivity index (χ0v) is 20.5. The van der Waals surface area contributed by atoms with Crippen LogP contribution in [0.5, 0.6) is 11.5 Å². The lowest BCUT2D eigenvalue weighted by Gasteiger charge is -2.26. The third-order valence-corrected chi connectivity index (χ3v) is 6.20. The fraction of sp³-hybridized carbons (Fsp3) is 0.276. The number of likely N-dealkylation sites (tertiary alicyclic amines) is 1. The summed E-state index contributed by atoms with van der Waals surface area (Å²) in [4.78, 5) is 31.9. The molecular formula is C29H30N2O5. The van der Waals surface area contributed by atoms with Gasteiger partial charge >= 0.3 is 0 Å². The molecule has 4 rings (SSSR count). The number of benzene rings is 2. The standard InChI is InChI=1S/C29H30N2O5/c1-3-4-8-17-36-23-12-11-22(18-24(23)35-2)26-25(27(32)21-13-15-30-16-14-21)28(33)29(34)31(26)19-20-9-6-5-7-10-20/h5-7,9-16,18,26,32H,3-4,8,17,19H2,1-2H3/b27-25+. The monoisotopic (exact) mass is 486 g/mol. The first-order valence-electron chi connectivity index (χ1n) is 12.1. The number of hydrogen-bond acceptors (Lipinski definition) is 6. The number of aliphatic hydroxyl groups is 1. The van der Waals surface area contributed by atoms with Crippen LogP contribution in [0.4, 0.5) is 0 Å². The molecular weight excluding hydrogens is 456 g/mol. The molecule has 0 radical (unpaired) electrons. The average molecular weight is 487 g/mol. The normalized spacial score (nSPS) is 16.8. The molecule has 0 saturated carbocycles. The van der Waals surface area contributed by atoms with Crippen molar-refractivity contribution in [2.45, 2.75) is 38.8 Å². The fourth-order valence-electron chi connectivity index (χ4n) is 4.34. The predicted molar refractivity (Wildman–Crippen MR) is 137 cm³/mol. The van der Waals surface area contributed by atoms with Gasteiger partial charge in [-0.3, -0.25) is 14.6 Å². The molecule has 2 aromatic carbocycles. The van der Waals surface area contributed by atoms with Gasteiger partial charge in [-0.15, -0.1) is 0 Å². The van der Waals surface area contributed by atoms with Gasteiger partial charge in [0.05, 0.1) is 25.3 Å². The molecule has 1 N–H and O–H groups in total. The van der Waals surface area contributed by atoms with Crippen LogP contribution < -0.4 is 9.47 Å². The Balaban J connectivity index is 1.78. The summed E-state index contributed by atoms with van der Waals surface area (Å²) in [6.45, 7) is 2.91. The molecule has 1 aromatic heterocycles. The lowest BCUT2D eigenvalue weighted by atomic mass is 9.95. The fourth-order valence-corrected chi connectivity index (χ4v) is 4.34. The van der Waals surface area contributed by atoms with Crippen LogP contribution in [0, 0.1) is 0 Å². The molecule has 1 amide bonds. The van der Waals surface area contributed by atoms with Gasteiger partial charge in [0.25, 0.3) is 11.7 Å². The second kappa shape index (κ2) is 11.5. The van der Waals surface area contributed by atoms with Crippen molar-refractivity contribution in [2.75, 3.05) is 13.7 Å². The Morgan fingerprint density at radius 3 is 2.44 bits per heavy atom. The van der Waals surface area contributed by atoms with E-state index in [1.165, 1.54) is 17.3 Å². The van der Waals surface area contributed by atoms with Crippen LogP contribution >= 0.6 is 0 Å². The summed E-state index contributed by atoms with van der Waals surface area (Å²) in [7, 11) is 1.55.